The summed E-state index contributed by atoms with van der Waals surface area (Å²) in [7, 11) is 0. The van der Waals surface area contributed by atoms with Crippen LogP contribution < -0.4 is 15.8 Å². The Morgan fingerprint density at radius 1 is 1.00 bits per heavy atom. The Hall–Kier alpha value is -2.93. The topological polar surface area (TPSA) is 73.6 Å². The highest BCUT2D eigenvalue weighted by Gasteiger charge is 2.14. The van der Waals surface area contributed by atoms with Crippen LogP contribution in [0.1, 0.15) is 5.56 Å². The van der Waals surface area contributed by atoms with Gasteiger partial charge in [-0.15, -0.1) is 0 Å². The lowest BCUT2D eigenvalue weighted by atomic mass is 10.2. The van der Waals surface area contributed by atoms with Crippen LogP contribution in [0, 0.1) is 5.82 Å². The largest absolute Gasteiger partial charge is 0.457 e. The van der Waals surface area contributed by atoms with Gasteiger partial charge in [0.25, 0.3) is 0 Å². The molecule has 0 bridgehead atoms. The van der Waals surface area contributed by atoms with Crippen molar-refractivity contribution in [3.8, 4) is 11.5 Å². The van der Waals surface area contributed by atoms with Crippen molar-refractivity contribution in [1.29, 1.82) is 0 Å². The van der Waals surface area contributed by atoms with E-state index in [9.17, 15) is 9.18 Å². The number of ether oxygens (including phenoxy) is 2. The van der Waals surface area contributed by atoms with Crippen molar-refractivity contribution in [2.45, 2.75) is 12.6 Å². The van der Waals surface area contributed by atoms with Crippen molar-refractivity contribution in [3.05, 3.63) is 89.2 Å². The molecule has 0 aliphatic carbocycles. The van der Waals surface area contributed by atoms with Crippen LogP contribution in [0.25, 0.3) is 0 Å². The molecule has 3 N–H and O–H groups in total. The number of carbonyl (C=O) groups is 1. The summed E-state index contributed by atoms with van der Waals surface area (Å²) >= 11 is 6.06. The van der Waals surface area contributed by atoms with Gasteiger partial charge in [-0.05, 0) is 60.2 Å². The summed E-state index contributed by atoms with van der Waals surface area (Å²) in [5.74, 6) is 0.377. The summed E-state index contributed by atoms with van der Waals surface area (Å²) in [5, 5.41) is 3.33. The number of hydrogen-bond donors (Lipinski definition) is 2. The van der Waals surface area contributed by atoms with Gasteiger partial charge in [-0.3, -0.25) is 4.79 Å². The van der Waals surface area contributed by atoms with E-state index in [2.05, 4.69) is 5.32 Å². The zero-order chi connectivity index (χ0) is 20.6. The molecule has 0 spiro atoms. The minimum atomic E-state index is -0.826. The normalized spacial score (nSPS) is 11.7. The molecule has 0 aliphatic rings. The van der Waals surface area contributed by atoms with Crippen LogP contribution in [0.4, 0.5) is 10.1 Å². The van der Waals surface area contributed by atoms with E-state index in [-0.39, 0.29) is 24.9 Å². The number of carbonyl (C=O) groups excluding carboxylic acids is 1. The minimum absolute atomic E-state index is 0.0584. The van der Waals surface area contributed by atoms with Gasteiger partial charge in [0.15, 0.2) is 0 Å². The van der Waals surface area contributed by atoms with Crippen LogP contribution in [0.15, 0.2) is 72.8 Å². The van der Waals surface area contributed by atoms with E-state index in [1.807, 2.05) is 18.2 Å². The summed E-state index contributed by atoms with van der Waals surface area (Å²) in [5.41, 5.74) is 7.29. The summed E-state index contributed by atoms with van der Waals surface area (Å²) < 4.78 is 24.0. The fourth-order valence-corrected chi connectivity index (χ4v) is 2.66. The van der Waals surface area contributed by atoms with Crippen molar-refractivity contribution in [3.63, 3.8) is 0 Å². The van der Waals surface area contributed by atoms with Gasteiger partial charge in [-0.2, -0.15) is 0 Å². The fourth-order valence-electron chi connectivity index (χ4n) is 2.47. The first-order chi connectivity index (χ1) is 14.0. The first-order valence-corrected chi connectivity index (χ1v) is 9.30. The number of nitrogens with two attached hydrogens (primary N) is 1. The number of amides is 1. The third-order valence-electron chi connectivity index (χ3n) is 4.02. The number of benzene rings is 3. The molecule has 0 fully saturated rings. The number of halogens is 2. The van der Waals surface area contributed by atoms with E-state index >= 15 is 0 Å². The molecule has 29 heavy (non-hydrogen) atoms. The van der Waals surface area contributed by atoms with Gasteiger partial charge in [-0.25, -0.2) is 4.39 Å². The first-order valence-electron chi connectivity index (χ1n) is 8.92. The van der Waals surface area contributed by atoms with E-state index < -0.39 is 6.04 Å². The van der Waals surface area contributed by atoms with Crippen molar-refractivity contribution in [1.82, 2.24) is 0 Å². The van der Waals surface area contributed by atoms with Crippen LogP contribution >= 0.6 is 11.6 Å². The number of nitrogens with one attached hydrogen (secondary N) is 1. The van der Waals surface area contributed by atoms with Crippen LogP contribution in [0.5, 0.6) is 11.5 Å². The molecule has 0 heterocycles. The number of anilines is 1. The molecule has 1 amide bonds. The number of rotatable bonds is 8. The first kappa shape index (κ1) is 20.8. The Bertz CT molecular complexity index is 949. The molecular weight excluding hydrogens is 395 g/mol. The van der Waals surface area contributed by atoms with Crippen LogP contribution in [-0.2, 0) is 16.1 Å². The summed E-state index contributed by atoms with van der Waals surface area (Å²) in [6.07, 6.45) is 0. The van der Waals surface area contributed by atoms with Gasteiger partial charge < -0.3 is 20.5 Å². The van der Waals surface area contributed by atoms with E-state index in [0.29, 0.717) is 22.2 Å². The molecule has 0 saturated carbocycles. The van der Waals surface area contributed by atoms with Gasteiger partial charge in [0.05, 0.1) is 13.2 Å². The lowest BCUT2D eigenvalue weighted by Gasteiger charge is -2.13. The quantitative estimate of drug-likeness (QED) is 0.557. The Balaban J connectivity index is 1.46. The van der Waals surface area contributed by atoms with E-state index in [4.69, 9.17) is 26.8 Å². The third-order valence-corrected chi connectivity index (χ3v) is 4.39. The lowest BCUT2D eigenvalue weighted by molar-refractivity contribution is -0.118. The second-order valence-electron chi connectivity index (χ2n) is 6.28. The molecule has 0 unspecified atom stereocenters. The second-order valence-corrected chi connectivity index (χ2v) is 6.69. The number of hydrogen-bond acceptors (Lipinski definition) is 4. The maximum atomic E-state index is 12.9. The van der Waals surface area contributed by atoms with Gasteiger partial charge in [0, 0.05) is 10.7 Å². The van der Waals surface area contributed by atoms with E-state index in [1.54, 1.807) is 30.3 Å². The Morgan fingerprint density at radius 3 is 2.28 bits per heavy atom. The van der Waals surface area contributed by atoms with Gasteiger partial charge >= 0.3 is 0 Å². The van der Waals surface area contributed by atoms with Crippen LogP contribution in [0.3, 0.4) is 0 Å². The molecule has 0 aliphatic heterocycles. The molecule has 5 nitrogen and oxygen atoms in total. The summed E-state index contributed by atoms with van der Waals surface area (Å²) in [4.78, 5) is 12.2. The van der Waals surface area contributed by atoms with Crippen molar-refractivity contribution in [2.24, 2.45) is 5.73 Å². The fraction of sp³-hybridized carbons (Fsp3) is 0.136. The Kier molecular flexibility index (Phi) is 7.19. The zero-order valence-electron chi connectivity index (χ0n) is 15.5. The molecule has 0 radical (unpaired) electrons. The minimum Gasteiger partial charge on any atom is -0.457 e. The second kappa shape index (κ2) is 10.0. The van der Waals surface area contributed by atoms with Crippen molar-refractivity contribution >= 4 is 23.2 Å². The lowest BCUT2D eigenvalue weighted by Crippen LogP contribution is -2.39. The third kappa shape index (κ3) is 6.29. The average molecular weight is 415 g/mol. The maximum Gasteiger partial charge on any atom is 0.243 e. The Morgan fingerprint density at radius 2 is 1.62 bits per heavy atom. The molecule has 0 aromatic heterocycles. The highest BCUT2D eigenvalue weighted by atomic mass is 35.5. The molecule has 3 rings (SSSR count). The SMILES string of the molecule is N[C@@H](COCc1ccccc1Cl)C(=O)Nc1ccc(Oc2ccc(F)cc2)cc1. The maximum absolute atomic E-state index is 12.9. The van der Waals surface area contributed by atoms with Crippen molar-refractivity contribution < 1.29 is 18.7 Å². The van der Waals surface area contributed by atoms with E-state index in [1.165, 1.54) is 24.3 Å². The summed E-state index contributed by atoms with van der Waals surface area (Å²) in [6.45, 7) is 0.332. The van der Waals surface area contributed by atoms with Gasteiger partial charge in [-0.1, -0.05) is 29.8 Å². The predicted octanol–water partition coefficient (Wildman–Crippen LogP) is 4.75. The molecule has 7 heteroatoms. The molecule has 150 valence electrons. The highest BCUT2D eigenvalue weighted by molar-refractivity contribution is 6.31. The molecule has 3 aromatic rings. The average Bonchev–Trinajstić information content (AvgIpc) is 2.72. The highest BCUT2D eigenvalue weighted by Crippen LogP contribution is 2.23. The standard InChI is InChI=1S/C22H20ClFN2O3/c23-20-4-2-1-3-15(20)13-28-14-21(25)22(27)26-17-7-11-19(12-8-17)29-18-9-5-16(24)6-10-18/h1-12,21H,13-14,25H2,(H,26,27)/t21-/m0/s1. The van der Waals surface area contributed by atoms with Gasteiger partial charge in [0.1, 0.15) is 23.4 Å². The Labute approximate surface area is 173 Å². The summed E-state index contributed by atoms with van der Waals surface area (Å²) in [6, 6.07) is 19.0. The molecular formula is C22H20ClFN2O3. The molecule has 0 saturated heterocycles. The molecule has 3 aromatic carbocycles. The predicted molar refractivity (Wildman–Crippen MR) is 111 cm³/mol. The van der Waals surface area contributed by atoms with Crippen LogP contribution in [-0.4, -0.2) is 18.6 Å². The van der Waals surface area contributed by atoms with Gasteiger partial charge in [0.2, 0.25) is 5.91 Å². The van der Waals surface area contributed by atoms with Crippen molar-refractivity contribution in [2.75, 3.05) is 11.9 Å². The van der Waals surface area contributed by atoms with E-state index in [0.717, 1.165) is 5.56 Å². The smallest absolute Gasteiger partial charge is 0.243 e. The van der Waals surface area contributed by atoms with Crippen LogP contribution in [0.2, 0.25) is 5.02 Å². The monoisotopic (exact) mass is 414 g/mol. The molecule has 1 atom stereocenters. The zero-order valence-corrected chi connectivity index (χ0v) is 16.2.